The Morgan fingerprint density at radius 2 is 1.74 bits per heavy atom. The Balaban J connectivity index is 0.000000459. The van der Waals surface area contributed by atoms with Crippen LogP contribution in [0.5, 0.6) is 0 Å². The number of nitrogens with one attached hydrogen (secondary N) is 2. The molecule has 46 heavy (non-hydrogen) atoms. The van der Waals surface area contributed by atoms with Gasteiger partial charge in [0.25, 0.3) is 12.3 Å². The quantitative estimate of drug-likeness (QED) is 0.158. The molecule has 12 heteroatoms. The molecule has 0 aliphatic carbocycles. The van der Waals surface area contributed by atoms with E-state index in [1.807, 2.05) is 43.3 Å². The van der Waals surface area contributed by atoms with Crippen LogP contribution >= 0.6 is 11.6 Å². The van der Waals surface area contributed by atoms with Gasteiger partial charge in [0.05, 0.1) is 11.1 Å². The number of carbonyl (C=O) groups excluding carboxylic acids is 3. The van der Waals surface area contributed by atoms with Crippen molar-refractivity contribution in [1.82, 2.24) is 19.9 Å². The lowest BCUT2D eigenvalue weighted by Crippen LogP contribution is -2.27. The largest absolute Gasteiger partial charge is 0.366 e. The molecule has 3 heterocycles. The second-order valence-electron chi connectivity index (χ2n) is 10.6. The van der Waals surface area contributed by atoms with Crippen molar-refractivity contribution in [2.45, 2.75) is 40.3 Å². The summed E-state index contributed by atoms with van der Waals surface area (Å²) in [7, 11) is 0. The van der Waals surface area contributed by atoms with Crippen molar-refractivity contribution in [1.29, 1.82) is 0 Å². The van der Waals surface area contributed by atoms with Gasteiger partial charge in [0, 0.05) is 64.9 Å². The van der Waals surface area contributed by atoms with Gasteiger partial charge in [-0.05, 0) is 72.6 Å². The summed E-state index contributed by atoms with van der Waals surface area (Å²) in [5, 5.41) is 6.97. The van der Waals surface area contributed by atoms with E-state index in [0.29, 0.717) is 21.8 Å². The lowest BCUT2D eigenvalue weighted by atomic mass is 10.1. The topological polar surface area (TPSA) is 132 Å². The van der Waals surface area contributed by atoms with Crippen molar-refractivity contribution in [3.05, 3.63) is 113 Å². The summed E-state index contributed by atoms with van der Waals surface area (Å²) in [5.74, 6) is -1.56. The number of primary amides is 1. The minimum Gasteiger partial charge on any atom is -0.366 e. The van der Waals surface area contributed by atoms with Crippen LogP contribution in [0.15, 0.2) is 85.3 Å². The van der Waals surface area contributed by atoms with Crippen molar-refractivity contribution >= 4 is 45.9 Å². The van der Waals surface area contributed by atoms with Crippen LogP contribution in [0.25, 0.3) is 22.2 Å². The summed E-state index contributed by atoms with van der Waals surface area (Å²) < 4.78 is 29.4. The number of nitrogens with zero attached hydrogens (tertiary/aromatic N) is 3. The highest BCUT2D eigenvalue weighted by Gasteiger charge is 2.22. The molecule has 2 aromatic carbocycles. The molecule has 3 aromatic heterocycles. The van der Waals surface area contributed by atoms with Gasteiger partial charge in [-0.2, -0.15) is 0 Å². The number of hydrogen-bond acceptors (Lipinski definition) is 5. The number of amides is 3. The molecular weight excluding hydrogens is 614 g/mol. The molecule has 0 aliphatic heterocycles. The Hall–Kier alpha value is -5.16. The minimum absolute atomic E-state index is 0.0811. The van der Waals surface area contributed by atoms with Crippen LogP contribution in [0.2, 0.25) is 5.02 Å². The third-order valence-electron chi connectivity index (χ3n) is 6.98. The van der Waals surface area contributed by atoms with Crippen molar-refractivity contribution in [2.75, 3.05) is 5.32 Å². The molecule has 0 spiro atoms. The first kappa shape index (κ1) is 33.7. The first-order valence-electron chi connectivity index (χ1n) is 14.4. The molecule has 3 amide bonds. The molecule has 0 bridgehead atoms. The van der Waals surface area contributed by atoms with Gasteiger partial charge in [-0.25, -0.2) is 8.78 Å². The van der Waals surface area contributed by atoms with E-state index < -0.39 is 23.9 Å². The van der Waals surface area contributed by atoms with Gasteiger partial charge in [0.2, 0.25) is 11.8 Å². The molecule has 9 nitrogen and oxygen atoms in total. The molecule has 5 aromatic rings. The third-order valence-corrected chi connectivity index (χ3v) is 7.23. The van der Waals surface area contributed by atoms with Crippen LogP contribution in [0.1, 0.15) is 59.2 Å². The number of alkyl halides is 2. The summed E-state index contributed by atoms with van der Waals surface area (Å²) >= 11 is 6.04. The SMILES string of the molecule is CCn1c(-c2ccc(Cl)cc2)cc2cc(NC(=O)c3cc(CNC(=O)C(C)C)cnc3C(F)F)ccc21.NC(=O)c1cccnc1. The molecule has 238 valence electrons. The zero-order valence-electron chi connectivity index (χ0n) is 25.4. The van der Waals surface area contributed by atoms with E-state index in [0.717, 1.165) is 28.7 Å². The van der Waals surface area contributed by atoms with Crippen molar-refractivity contribution < 1.29 is 23.2 Å². The lowest BCUT2D eigenvalue weighted by Gasteiger charge is -2.13. The van der Waals surface area contributed by atoms with Gasteiger partial charge >= 0.3 is 0 Å². The molecule has 5 rings (SSSR count). The van der Waals surface area contributed by atoms with E-state index in [1.165, 1.54) is 18.5 Å². The van der Waals surface area contributed by atoms with E-state index in [4.69, 9.17) is 17.3 Å². The molecule has 0 saturated heterocycles. The van der Waals surface area contributed by atoms with Crippen molar-refractivity contribution in [2.24, 2.45) is 11.7 Å². The number of anilines is 1. The molecule has 0 aliphatic rings. The number of hydrogen-bond donors (Lipinski definition) is 3. The van der Waals surface area contributed by atoms with E-state index >= 15 is 0 Å². The highest BCUT2D eigenvalue weighted by molar-refractivity contribution is 6.30. The molecule has 4 N–H and O–H groups in total. The Bertz CT molecular complexity index is 1840. The summed E-state index contributed by atoms with van der Waals surface area (Å²) in [4.78, 5) is 42.8. The number of carbonyl (C=O) groups is 3. The predicted octanol–water partition coefficient (Wildman–Crippen LogP) is 7.02. The maximum absolute atomic E-state index is 13.6. The Kier molecular flexibility index (Phi) is 11.2. The van der Waals surface area contributed by atoms with E-state index in [-0.39, 0.29) is 23.9 Å². The first-order chi connectivity index (χ1) is 22.0. The van der Waals surface area contributed by atoms with E-state index in [2.05, 4.69) is 25.2 Å². The molecule has 0 fully saturated rings. The van der Waals surface area contributed by atoms with Gasteiger partial charge in [-0.3, -0.25) is 24.4 Å². The highest BCUT2D eigenvalue weighted by Crippen LogP contribution is 2.31. The summed E-state index contributed by atoms with van der Waals surface area (Å²) in [6.45, 7) is 6.35. The minimum atomic E-state index is -2.93. The highest BCUT2D eigenvalue weighted by atomic mass is 35.5. The standard InChI is InChI=1S/C28H27ClF2N4O2.C6H6N2O/c1-4-35-23-10-9-21(12-19(23)13-24(35)18-5-7-20(29)8-6-18)34-28(37)22-11-17(14-32-25(22)26(30)31)15-33-27(36)16(2)3;7-6(9)5-2-1-3-8-4-5/h5-14,16,26H,4,15H2,1-3H3,(H,33,36)(H,34,37);1-4H,(H2,7,9). The summed E-state index contributed by atoms with van der Waals surface area (Å²) in [6.07, 6.45) is 1.34. The van der Waals surface area contributed by atoms with Crippen molar-refractivity contribution in [3.63, 3.8) is 0 Å². The fourth-order valence-electron chi connectivity index (χ4n) is 4.62. The number of aryl methyl sites for hydroxylation is 1. The number of aromatic nitrogens is 3. The fraction of sp³-hybridized carbons (Fsp3) is 0.206. The zero-order chi connectivity index (χ0) is 33.4. The van der Waals surface area contributed by atoms with Gasteiger partial charge in [0.15, 0.2) is 0 Å². The second-order valence-corrected chi connectivity index (χ2v) is 11.0. The Labute approximate surface area is 269 Å². The number of fused-ring (bicyclic) bond motifs is 1. The van der Waals surface area contributed by atoms with E-state index in [9.17, 15) is 23.2 Å². The van der Waals surface area contributed by atoms with Crippen molar-refractivity contribution in [3.8, 4) is 11.3 Å². The monoisotopic (exact) mass is 646 g/mol. The van der Waals surface area contributed by atoms with Crippen LogP contribution in [0, 0.1) is 5.92 Å². The average molecular weight is 647 g/mol. The first-order valence-corrected chi connectivity index (χ1v) is 14.8. The lowest BCUT2D eigenvalue weighted by molar-refractivity contribution is -0.124. The molecular formula is C34H33ClF2N6O3. The predicted molar refractivity (Wildman–Crippen MR) is 175 cm³/mol. The Morgan fingerprint density at radius 3 is 2.33 bits per heavy atom. The molecule has 0 unspecified atom stereocenters. The van der Waals surface area contributed by atoms with Gasteiger partial charge in [-0.15, -0.1) is 0 Å². The van der Waals surface area contributed by atoms with Crippen LogP contribution in [0.4, 0.5) is 14.5 Å². The average Bonchev–Trinajstić information content (AvgIpc) is 3.42. The summed E-state index contributed by atoms with van der Waals surface area (Å²) in [6, 6.07) is 19.6. The van der Waals surface area contributed by atoms with Crippen LogP contribution in [0.3, 0.4) is 0 Å². The maximum Gasteiger partial charge on any atom is 0.281 e. The van der Waals surface area contributed by atoms with Crippen LogP contribution in [-0.2, 0) is 17.9 Å². The molecule has 0 atom stereocenters. The Morgan fingerprint density at radius 1 is 1.00 bits per heavy atom. The van der Waals surface area contributed by atoms with Crippen LogP contribution < -0.4 is 16.4 Å². The van der Waals surface area contributed by atoms with Gasteiger partial charge in [-0.1, -0.05) is 37.6 Å². The zero-order valence-corrected chi connectivity index (χ0v) is 26.2. The number of benzene rings is 2. The van der Waals surface area contributed by atoms with E-state index in [1.54, 1.807) is 44.3 Å². The number of nitrogens with two attached hydrogens (primary N) is 1. The fourth-order valence-corrected chi connectivity index (χ4v) is 4.75. The second kappa shape index (κ2) is 15.2. The van der Waals surface area contributed by atoms with Crippen LogP contribution in [-0.4, -0.2) is 32.3 Å². The maximum atomic E-state index is 13.6. The third kappa shape index (κ3) is 8.30. The van der Waals surface area contributed by atoms with Gasteiger partial charge in [0.1, 0.15) is 5.69 Å². The molecule has 0 saturated carbocycles. The molecule has 0 radical (unpaired) electrons. The smallest absolute Gasteiger partial charge is 0.281 e. The number of rotatable bonds is 9. The number of halogens is 3. The summed E-state index contributed by atoms with van der Waals surface area (Å²) in [5.41, 5.74) is 8.42. The number of pyridine rings is 2. The normalized spacial score (nSPS) is 10.9. The van der Waals surface area contributed by atoms with Gasteiger partial charge < -0.3 is 20.9 Å².